The zero-order valence-electron chi connectivity index (χ0n) is 39.6. The monoisotopic (exact) mass is 929 g/mol. The minimum Gasteiger partial charge on any atom is -0.307 e. The Morgan fingerprint density at radius 3 is 1.73 bits per heavy atom. The lowest BCUT2D eigenvalue weighted by Gasteiger charge is -2.38. The Kier molecular flexibility index (Phi) is 8.40. The van der Waals surface area contributed by atoms with Gasteiger partial charge in [0.15, 0.2) is 0 Å². The second kappa shape index (κ2) is 15.2. The van der Waals surface area contributed by atoms with Crippen LogP contribution < -0.4 is 4.90 Å². The highest BCUT2D eigenvalue weighted by atomic mass is 16.2. The van der Waals surface area contributed by atoms with Gasteiger partial charge in [0.05, 0.1) is 28.1 Å². The largest absolute Gasteiger partial charge is 0.307 e. The molecule has 2 aromatic heterocycles. The summed E-state index contributed by atoms with van der Waals surface area (Å²) in [5.41, 5.74) is 19.0. The van der Waals surface area contributed by atoms with E-state index in [1.165, 1.54) is 81.9 Å². The third-order valence-corrected chi connectivity index (χ3v) is 16.2. The molecule has 0 bridgehead atoms. The van der Waals surface area contributed by atoms with Gasteiger partial charge in [-0.15, -0.1) is 0 Å². The van der Waals surface area contributed by atoms with Crippen LogP contribution in [0.4, 0.5) is 5.69 Å². The number of nitrogens with zero attached hydrogens (tertiary/aromatic N) is 3. The number of hydrogen-bond donors (Lipinski definition) is 0. The molecule has 1 aliphatic carbocycles. The van der Waals surface area contributed by atoms with Crippen molar-refractivity contribution in [3.05, 3.63) is 271 Å². The highest BCUT2D eigenvalue weighted by Gasteiger charge is 2.48. The van der Waals surface area contributed by atoms with E-state index in [2.05, 4.69) is 263 Å². The van der Waals surface area contributed by atoms with Crippen LogP contribution in [0, 0.1) is 0 Å². The van der Waals surface area contributed by atoms with E-state index in [-0.39, 0.29) is 17.9 Å². The van der Waals surface area contributed by atoms with Crippen molar-refractivity contribution >= 4 is 87.9 Å². The van der Waals surface area contributed by atoms with Crippen LogP contribution in [0.2, 0.25) is 0 Å². The third kappa shape index (κ3) is 5.75. The normalized spacial score (nSPS) is 15.8. The van der Waals surface area contributed by atoms with E-state index in [0.29, 0.717) is 0 Å². The molecule has 0 saturated heterocycles. The summed E-state index contributed by atoms with van der Waals surface area (Å²) in [6, 6.07) is 85.6. The molecule has 1 amide bonds. The molecule has 0 saturated carbocycles. The summed E-state index contributed by atoms with van der Waals surface area (Å²) in [5, 5.41) is 9.82. The Labute approximate surface area is 421 Å². The number of allylic oxidation sites excluding steroid dienone is 2. The highest BCUT2D eigenvalue weighted by Crippen LogP contribution is 2.54. The second-order valence-electron chi connectivity index (χ2n) is 19.9. The van der Waals surface area contributed by atoms with Crippen LogP contribution in [0.3, 0.4) is 0 Å². The van der Waals surface area contributed by atoms with Gasteiger partial charge in [-0.25, -0.2) is 0 Å². The molecular formula is C69H43N3O. The molecule has 13 aromatic rings. The summed E-state index contributed by atoms with van der Waals surface area (Å²) in [7, 11) is 0. The number of rotatable bonds is 5. The van der Waals surface area contributed by atoms with E-state index < -0.39 is 0 Å². The fourth-order valence-corrected chi connectivity index (χ4v) is 13.0. The number of aromatic nitrogens is 2. The molecule has 3 aliphatic rings. The number of carbonyl (C=O) groups is 1. The quantitative estimate of drug-likeness (QED) is 0.158. The molecule has 0 radical (unpaired) electrons. The summed E-state index contributed by atoms with van der Waals surface area (Å²) in [4.78, 5) is 16.8. The van der Waals surface area contributed by atoms with Gasteiger partial charge in [-0.3, -0.25) is 9.69 Å². The van der Waals surface area contributed by atoms with E-state index in [4.69, 9.17) is 0 Å². The zero-order chi connectivity index (χ0) is 47.9. The average molecular weight is 930 g/mol. The van der Waals surface area contributed by atoms with E-state index in [1.807, 2.05) is 0 Å². The van der Waals surface area contributed by atoms with Crippen LogP contribution in [0.15, 0.2) is 249 Å². The first-order chi connectivity index (χ1) is 36.1. The molecule has 4 nitrogen and oxygen atoms in total. The van der Waals surface area contributed by atoms with Gasteiger partial charge < -0.3 is 9.13 Å². The van der Waals surface area contributed by atoms with Crippen LogP contribution >= 0.6 is 0 Å². The number of para-hydroxylation sites is 4. The molecule has 73 heavy (non-hydrogen) atoms. The highest BCUT2D eigenvalue weighted by molar-refractivity contribution is 6.24. The summed E-state index contributed by atoms with van der Waals surface area (Å²) in [5.74, 6) is 0.0721. The van der Waals surface area contributed by atoms with E-state index in [0.717, 1.165) is 56.0 Å². The van der Waals surface area contributed by atoms with Gasteiger partial charge >= 0.3 is 0 Å². The van der Waals surface area contributed by atoms with Crippen LogP contribution in [0.1, 0.15) is 33.0 Å². The second-order valence-corrected chi connectivity index (χ2v) is 19.9. The molecule has 2 aliphatic heterocycles. The van der Waals surface area contributed by atoms with Crippen LogP contribution in [0.5, 0.6) is 0 Å². The van der Waals surface area contributed by atoms with Crippen LogP contribution in [-0.4, -0.2) is 21.1 Å². The SMILES string of the molecule is O=C1c2ccc(-c3cc4ccccc4c4ccccc34)cc2C2=CC(c3cccc(-c4ccc(-n5c6ccccc6c6ccc7c8ccccc8n(-c8ccccc8)c7c65)cc4)c3)=CC3c4ccccc4N1C23. The van der Waals surface area contributed by atoms with Crippen molar-refractivity contribution in [2.75, 3.05) is 4.90 Å². The van der Waals surface area contributed by atoms with Gasteiger partial charge in [-0.2, -0.15) is 0 Å². The van der Waals surface area contributed by atoms with Gasteiger partial charge in [0.1, 0.15) is 0 Å². The van der Waals surface area contributed by atoms with Crippen molar-refractivity contribution in [3.63, 3.8) is 0 Å². The molecule has 0 N–H and O–H groups in total. The maximum atomic E-state index is 14.8. The molecule has 340 valence electrons. The predicted octanol–water partition coefficient (Wildman–Crippen LogP) is 17.1. The van der Waals surface area contributed by atoms with Gasteiger partial charge in [0.25, 0.3) is 5.91 Å². The van der Waals surface area contributed by atoms with Gasteiger partial charge in [-0.1, -0.05) is 176 Å². The van der Waals surface area contributed by atoms with E-state index in [1.54, 1.807) is 0 Å². The Balaban J connectivity index is 0.828. The summed E-state index contributed by atoms with van der Waals surface area (Å²) in [6.45, 7) is 0. The van der Waals surface area contributed by atoms with Crippen molar-refractivity contribution in [3.8, 4) is 33.6 Å². The molecule has 4 heteroatoms. The van der Waals surface area contributed by atoms with Crippen molar-refractivity contribution in [2.24, 2.45) is 0 Å². The summed E-state index contributed by atoms with van der Waals surface area (Å²) in [6.07, 6.45) is 4.78. The average Bonchev–Trinajstić information content (AvgIpc) is 4.15. The van der Waals surface area contributed by atoms with Crippen molar-refractivity contribution in [2.45, 2.75) is 12.0 Å². The van der Waals surface area contributed by atoms with Gasteiger partial charge in [0, 0.05) is 50.1 Å². The molecule has 11 aromatic carbocycles. The lowest BCUT2D eigenvalue weighted by atomic mass is 9.76. The maximum absolute atomic E-state index is 14.8. The summed E-state index contributed by atoms with van der Waals surface area (Å²) >= 11 is 0. The number of amides is 1. The number of fused-ring (bicyclic) bond motifs is 15. The van der Waals surface area contributed by atoms with Crippen molar-refractivity contribution < 1.29 is 4.79 Å². The lowest BCUT2D eigenvalue weighted by molar-refractivity contribution is 0.0979. The summed E-state index contributed by atoms with van der Waals surface area (Å²) < 4.78 is 4.90. The Bertz CT molecular complexity index is 4590. The number of hydrogen-bond acceptors (Lipinski definition) is 1. The first-order valence-corrected chi connectivity index (χ1v) is 25.3. The predicted molar refractivity (Wildman–Crippen MR) is 303 cm³/mol. The van der Waals surface area contributed by atoms with Crippen molar-refractivity contribution in [1.82, 2.24) is 9.13 Å². The third-order valence-electron chi connectivity index (χ3n) is 16.2. The topological polar surface area (TPSA) is 30.2 Å². The van der Waals surface area contributed by atoms with E-state index >= 15 is 0 Å². The fourth-order valence-electron chi connectivity index (χ4n) is 13.0. The minimum atomic E-state index is -0.128. The van der Waals surface area contributed by atoms with Crippen LogP contribution in [-0.2, 0) is 0 Å². The standard InChI is InChI=1S/C69H43N3O/c73-69-58-34-31-46(59-38-45-15-4-5-20-50(45)51-21-6-7-22-52(51)59)39-60(58)62-41-47(40-61-55-25-10-13-28-65(55)72(69)66(61)62)44-17-14-16-43(37-44)42-29-32-49(33-30-42)71-64-27-12-9-24-54(64)57-36-35-56-53-23-8-11-26-63(53)70(67(56)68(57)71)48-18-2-1-3-19-48/h1-41,61,66H. The molecular weight excluding hydrogens is 887 g/mol. The molecule has 0 fully saturated rings. The smallest absolute Gasteiger partial charge is 0.259 e. The number of anilines is 1. The molecule has 0 spiro atoms. The molecule has 16 rings (SSSR count). The zero-order valence-corrected chi connectivity index (χ0v) is 39.6. The number of benzene rings is 11. The Morgan fingerprint density at radius 2 is 0.973 bits per heavy atom. The molecule has 4 heterocycles. The van der Waals surface area contributed by atoms with Gasteiger partial charge in [0.2, 0.25) is 0 Å². The van der Waals surface area contributed by atoms with Gasteiger partial charge in [-0.05, 0) is 144 Å². The Hall–Kier alpha value is -9.51. The lowest BCUT2D eigenvalue weighted by Crippen LogP contribution is -2.44. The molecule has 2 unspecified atom stereocenters. The van der Waals surface area contributed by atoms with Crippen molar-refractivity contribution in [1.29, 1.82) is 0 Å². The Morgan fingerprint density at radius 1 is 0.370 bits per heavy atom. The minimum absolute atomic E-state index is 0.00895. The number of carbonyl (C=O) groups excluding carboxylic acids is 1. The van der Waals surface area contributed by atoms with Crippen LogP contribution in [0.25, 0.3) is 110 Å². The maximum Gasteiger partial charge on any atom is 0.259 e. The first-order valence-electron chi connectivity index (χ1n) is 25.3. The fraction of sp³-hybridized carbons (Fsp3) is 0.0290. The molecule has 2 atom stereocenters. The first kappa shape index (κ1) is 40.2. The van der Waals surface area contributed by atoms with E-state index in [9.17, 15) is 4.79 Å².